The van der Waals surface area contributed by atoms with Crippen LogP contribution < -0.4 is 0 Å². The third kappa shape index (κ3) is 3.03. The van der Waals surface area contributed by atoms with Crippen LogP contribution in [0.3, 0.4) is 0 Å². The average Bonchev–Trinajstić information content (AvgIpc) is 2.70. The molecular formula is C20H19N. The molecule has 0 bridgehead atoms. The first kappa shape index (κ1) is 13.6. The number of benzene rings is 2. The molecule has 1 aliphatic carbocycles. The zero-order valence-corrected chi connectivity index (χ0v) is 12.5. The van der Waals surface area contributed by atoms with Crippen molar-refractivity contribution in [1.82, 2.24) is 0 Å². The molecule has 1 aliphatic rings. The van der Waals surface area contributed by atoms with Gasteiger partial charge >= 0.3 is 0 Å². The van der Waals surface area contributed by atoms with Crippen LogP contribution in [0.4, 0.5) is 0 Å². The van der Waals surface area contributed by atoms with Crippen molar-refractivity contribution in [3.63, 3.8) is 0 Å². The van der Waals surface area contributed by atoms with E-state index < -0.39 is 0 Å². The van der Waals surface area contributed by atoms with E-state index in [9.17, 15) is 0 Å². The first-order chi connectivity index (χ1) is 10.2. The van der Waals surface area contributed by atoms with Gasteiger partial charge in [0.2, 0.25) is 0 Å². The molecule has 0 saturated carbocycles. The highest BCUT2D eigenvalue weighted by atomic mass is 14.7. The topological polar surface area (TPSA) is 12.4 Å². The minimum Gasteiger partial charge on any atom is -0.257 e. The van der Waals surface area contributed by atoms with Crippen LogP contribution >= 0.6 is 0 Å². The van der Waals surface area contributed by atoms with E-state index in [-0.39, 0.29) is 0 Å². The van der Waals surface area contributed by atoms with Crippen LogP contribution in [0.2, 0.25) is 0 Å². The van der Waals surface area contributed by atoms with Crippen LogP contribution in [-0.2, 0) is 0 Å². The second-order valence-electron chi connectivity index (χ2n) is 5.47. The Morgan fingerprint density at radius 2 is 1.90 bits per heavy atom. The number of allylic oxidation sites excluding steroid dienone is 5. The van der Waals surface area contributed by atoms with Gasteiger partial charge in [-0.1, -0.05) is 67.6 Å². The van der Waals surface area contributed by atoms with Crippen LogP contribution in [-0.4, -0.2) is 6.21 Å². The standard InChI is InChI=1S/C20H19N/c1-15-7-3-5-9-18(13-15)21-14-20-16(2)11-12-17-8-4-6-10-19(17)20/h3-15H,1-2H3. The summed E-state index contributed by atoms with van der Waals surface area (Å²) in [6, 6.07) is 12.8. The molecule has 0 N–H and O–H groups in total. The Morgan fingerprint density at radius 3 is 2.81 bits per heavy atom. The lowest BCUT2D eigenvalue weighted by atomic mass is 10.0. The zero-order chi connectivity index (χ0) is 14.7. The summed E-state index contributed by atoms with van der Waals surface area (Å²) >= 11 is 0. The van der Waals surface area contributed by atoms with Crippen molar-refractivity contribution in [2.75, 3.05) is 0 Å². The SMILES string of the molecule is Cc1ccc2ccccc2c1C=NC1=CC(C)C=CC=C1. The Morgan fingerprint density at radius 1 is 1.05 bits per heavy atom. The molecule has 1 unspecified atom stereocenters. The van der Waals surface area contributed by atoms with E-state index in [1.165, 1.54) is 21.9 Å². The van der Waals surface area contributed by atoms with Crippen molar-refractivity contribution in [3.05, 3.63) is 83.6 Å². The van der Waals surface area contributed by atoms with Crippen LogP contribution in [0.5, 0.6) is 0 Å². The van der Waals surface area contributed by atoms with Crippen LogP contribution in [0.25, 0.3) is 10.8 Å². The number of nitrogens with zero attached hydrogens (tertiary/aromatic N) is 1. The lowest BCUT2D eigenvalue weighted by Crippen LogP contribution is -1.91. The fraction of sp³-hybridized carbons (Fsp3) is 0.150. The third-order valence-corrected chi connectivity index (χ3v) is 3.76. The number of hydrogen-bond donors (Lipinski definition) is 0. The summed E-state index contributed by atoms with van der Waals surface area (Å²) in [5.41, 5.74) is 3.47. The monoisotopic (exact) mass is 273 g/mol. The average molecular weight is 273 g/mol. The van der Waals surface area contributed by atoms with Gasteiger partial charge in [0.05, 0.1) is 5.70 Å². The predicted octanol–water partition coefficient (Wildman–Crippen LogP) is 5.21. The first-order valence-corrected chi connectivity index (χ1v) is 7.33. The van der Waals surface area contributed by atoms with E-state index >= 15 is 0 Å². The molecule has 0 spiro atoms. The number of rotatable bonds is 2. The molecule has 1 nitrogen and oxygen atoms in total. The van der Waals surface area contributed by atoms with E-state index in [0.717, 1.165) is 5.70 Å². The molecule has 0 aromatic heterocycles. The van der Waals surface area contributed by atoms with Gasteiger partial charge in [-0.2, -0.15) is 0 Å². The number of aliphatic imine (C=N–C) groups is 1. The normalized spacial score (nSPS) is 18.2. The van der Waals surface area contributed by atoms with Crippen molar-refractivity contribution in [2.24, 2.45) is 10.9 Å². The minimum atomic E-state index is 0.417. The van der Waals surface area contributed by atoms with E-state index in [2.05, 4.69) is 79.5 Å². The Bertz CT molecular complexity index is 776. The summed E-state index contributed by atoms with van der Waals surface area (Å²) in [6.45, 7) is 4.30. The highest BCUT2D eigenvalue weighted by molar-refractivity contribution is 6.01. The third-order valence-electron chi connectivity index (χ3n) is 3.76. The maximum Gasteiger partial charge on any atom is 0.0595 e. The maximum atomic E-state index is 4.68. The Hall–Kier alpha value is -2.41. The number of hydrogen-bond acceptors (Lipinski definition) is 1. The molecule has 2 aromatic rings. The Labute approximate surface area is 126 Å². The van der Waals surface area contributed by atoms with E-state index in [1.807, 2.05) is 12.3 Å². The Balaban J connectivity index is 2.02. The molecule has 1 heteroatoms. The summed E-state index contributed by atoms with van der Waals surface area (Å²) < 4.78 is 0. The molecule has 0 saturated heterocycles. The van der Waals surface area contributed by atoms with Gasteiger partial charge in [-0.25, -0.2) is 0 Å². The molecule has 2 aromatic carbocycles. The van der Waals surface area contributed by atoms with Crippen LogP contribution in [0.1, 0.15) is 18.1 Å². The van der Waals surface area contributed by atoms with E-state index in [0.29, 0.717) is 5.92 Å². The van der Waals surface area contributed by atoms with Crippen LogP contribution in [0, 0.1) is 12.8 Å². The van der Waals surface area contributed by atoms with Crippen molar-refractivity contribution in [1.29, 1.82) is 0 Å². The highest BCUT2D eigenvalue weighted by Gasteiger charge is 2.03. The second-order valence-corrected chi connectivity index (χ2v) is 5.47. The van der Waals surface area contributed by atoms with Crippen molar-refractivity contribution in [2.45, 2.75) is 13.8 Å². The van der Waals surface area contributed by atoms with Gasteiger partial charge < -0.3 is 0 Å². The van der Waals surface area contributed by atoms with Crippen molar-refractivity contribution >= 4 is 17.0 Å². The van der Waals surface area contributed by atoms with Crippen molar-refractivity contribution in [3.8, 4) is 0 Å². The molecule has 0 radical (unpaired) electrons. The fourth-order valence-corrected chi connectivity index (χ4v) is 2.58. The molecular weight excluding hydrogens is 254 g/mol. The summed E-state index contributed by atoms with van der Waals surface area (Å²) in [5.74, 6) is 0.417. The summed E-state index contributed by atoms with van der Waals surface area (Å²) in [6.07, 6.45) is 12.5. The highest BCUT2D eigenvalue weighted by Crippen LogP contribution is 2.21. The lowest BCUT2D eigenvalue weighted by molar-refractivity contribution is 0.931. The molecule has 104 valence electrons. The number of aryl methyl sites for hydroxylation is 1. The second kappa shape index (κ2) is 5.92. The maximum absolute atomic E-state index is 4.68. The molecule has 0 heterocycles. The van der Waals surface area contributed by atoms with E-state index in [4.69, 9.17) is 0 Å². The van der Waals surface area contributed by atoms with Gasteiger partial charge in [-0.05, 0) is 35.3 Å². The molecule has 0 aliphatic heterocycles. The van der Waals surface area contributed by atoms with Gasteiger partial charge in [0.25, 0.3) is 0 Å². The Kier molecular flexibility index (Phi) is 3.83. The lowest BCUT2D eigenvalue weighted by Gasteiger charge is -2.06. The molecule has 1 atom stereocenters. The van der Waals surface area contributed by atoms with Gasteiger partial charge in [0.1, 0.15) is 0 Å². The molecule has 0 fully saturated rings. The fourth-order valence-electron chi connectivity index (χ4n) is 2.58. The van der Waals surface area contributed by atoms with Crippen molar-refractivity contribution < 1.29 is 0 Å². The van der Waals surface area contributed by atoms with Crippen LogP contribution in [0.15, 0.2) is 77.5 Å². The quantitative estimate of drug-likeness (QED) is 0.666. The van der Waals surface area contributed by atoms with Gasteiger partial charge in [-0.3, -0.25) is 4.99 Å². The largest absolute Gasteiger partial charge is 0.257 e. The predicted molar refractivity (Wildman–Crippen MR) is 91.8 cm³/mol. The summed E-state index contributed by atoms with van der Waals surface area (Å²) in [4.78, 5) is 4.68. The molecule has 3 rings (SSSR count). The molecule has 0 amide bonds. The summed E-state index contributed by atoms with van der Waals surface area (Å²) in [7, 11) is 0. The smallest absolute Gasteiger partial charge is 0.0595 e. The molecule has 21 heavy (non-hydrogen) atoms. The van der Waals surface area contributed by atoms with Gasteiger partial charge in [0.15, 0.2) is 0 Å². The summed E-state index contributed by atoms with van der Waals surface area (Å²) in [5, 5.41) is 2.51. The number of fused-ring (bicyclic) bond motifs is 1. The van der Waals surface area contributed by atoms with Gasteiger partial charge in [0, 0.05) is 11.8 Å². The van der Waals surface area contributed by atoms with E-state index in [1.54, 1.807) is 0 Å². The first-order valence-electron chi connectivity index (χ1n) is 7.33. The van der Waals surface area contributed by atoms with Gasteiger partial charge in [-0.15, -0.1) is 0 Å². The minimum absolute atomic E-state index is 0.417. The zero-order valence-electron chi connectivity index (χ0n) is 12.5.